The largest absolute Gasteiger partial charge is 0.491 e. The lowest BCUT2D eigenvalue weighted by Gasteiger charge is -2.20. The van der Waals surface area contributed by atoms with Crippen molar-refractivity contribution < 1.29 is 28.5 Å². The number of hydroxylamine groups is 2. The molecule has 0 fully saturated rings. The Morgan fingerprint density at radius 3 is 2.29 bits per heavy atom. The van der Waals surface area contributed by atoms with Crippen LogP contribution >= 0.6 is 7.82 Å². The minimum absolute atomic E-state index is 0.0172. The predicted molar refractivity (Wildman–Crippen MR) is 47.1 cm³/mol. The number of hydrogen-bond acceptors (Lipinski definition) is 4. The Morgan fingerprint density at radius 2 is 2.00 bits per heavy atom. The number of rotatable bonds is 4. The highest BCUT2D eigenvalue weighted by Gasteiger charge is 2.25. The van der Waals surface area contributed by atoms with Crippen molar-refractivity contribution in [2.24, 2.45) is 0 Å². The Bertz CT molecular complexity index is 236. The number of nitrogens with zero attached hydrogens (tertiary/aromatic N) is 1. The molecule has 0 aliphatic carbocycles. The van der Waals surface area contributed by atoms with Crippen LogP contribution in [0.3, 0.4) is 0 Å². The highest BCUT2D eigenvalue weighted by molar-refractivity contribution is 7.46. The molecule has 0 unspecified atom stereocenters. The Hall–Kier alpha value is -0.620. The molecule has 0 rings (SSSR count). The van der Waals surface area contributed by atoms with Crippen LogP contribution < -0.4 is 0 Å². The summed E-state index contributed by atoms with van der Waals surface area (Å²) in [4.78, 5) is 28.0. The molecule has 0 aromatic heterocycles. The van der Waals surface area contributed by atoms with E-state index in [1.165, 1.54) is 6.92 Å². The lowest BCUT2D eigenvalue weighted by molar-refractivity contribution is -0.0704. The average Bonchev–Trinajstić information content (AvgIpc) is 1.96. The van der Waals surface area contributed by atoms with Crippen LogP contribution in [0, 0.1) is 0 Å². The maximum absolute atomic E-state index is 11.1. The van der Waals surface area contributed by atoms with Gasteiger partial charge in [-0.1, -0.05) is 0 Å². The van der Waals surface area contributed by atoms with Crippen LogP contribution in [0.1, 0.15) is 20.8 Å². The van der Waals surface area contributed by atoms with Crippen molar-refractivity contribution in [2.45, 2.75) is 26.9 Å². The van der Waals surface area contributed by atoms with Gasteiger partial charge in [-0.3, -0.25) is 0 Å². The first-order valence-corrected chi connectivity index (χ1v) is 5.52. The van der Waals surface area contributed by atoms with E-state index in [-0.39, 0.29) is 12.6 Å². The Balaban J connectivity index is 4.27. The van der Waals surface area contributed by atoms with Gasteiger partial charge in [0.15, 0.2) is 0 Å². The molecule has 0 aliphatic rings. The first-order valence-electron chi connectivity index (χ1n) is 3.99. The van der Waals surface area contributed by atoms with Gasteiger partial charge in [0, 0.05) is 6.54 Å². The summed E-state index contributed by atoms with van der Waals surface area (Å²) in [5, 5.41) is 0.473. The second-order valence-electron chi connectivity index (χ2n) is 2.70. The fraction of sp³-hybridized carbons (Fsp3) is 0.833. The molecule has 0 radical (unpaired) electrons. The number of hydrogen-bond donors (Lipinski definition) is 2. The Labute approximate surface area is 81.8 Å². The van der Waals surface area contributed by atoms with Crippen LogP contribution in [0.25, 0.3) is 0 Å². The standard InChI is InChI=1S/C6H14NO6P/c1-4-7(13-14(9,10)11)6(8)12-5(2)3/h5H,4H2,1-3H3,(H2,9,10,11). The summed E-state index contributed by atoms with van der Waals surface area (Å²) in [6.07, 6.45) is -1.30. The quantitative estimate of drug-likeness (QED) is 0.546. The van der Waals surface area contributed by atoms with E-state index >= 15 is 0 Å². The molecule has 0 saturated heterocycles. The van der Waals surface area contributed by atoms with Gasteiger partial charge in [0.1, 0.15) is 0 Å². The van der Waals surface area contributed by atoms with Gasteiger partial charge in [0.25, 0.3) is 0 Å². The molecular formula is C6H14NO6P. The second kappa shape index (κ2) is 5.31. The molecule has 7 nitrogen and oxygen atoms in total. The van der Waals surface area contributed by atoms with E-state index in [0.717, 1.165) is 0 Å². The van der Waals surface area contributed by atoms with Crippen molar-refractivity contribution in [2.75, 3.05) is 6.54 Å². The first kappa shape index (κ1) is 13.4. The maximum atomic E-state index is 11.1. The summed E-state index contributed by atoms with van der Waals surface area (Å²) >= 11 is 0. The summed E-state index contributed by atoms with van der Waals surface area (Å²) in [5.41, 5.74) is 0. The maximum Gasteiger partial charge on any atom is 0.491 e. The summed E-state index contributed by atoms with van der Waals surface area (Å²) in [6.45, 7) is 4.71. The van der Waals surface area contributed by atoms with Gasteiger partial charge in [-0.2, -0.15) is 9.69 Å². The van der Waals surface area contributed by atoms with Crippen molar-refractivity contribution in [1.82, 2.24) is 5.06 Å². The van der Waals surface area contributed by atoms with Gasteiger partial charge in [-0.05, 0) is 20.8 Å². The normalized spacial score (nSPS) is 11.6. The molecule has 0 aromatic carbocycles. The lowest BCUT2D eigenvalue weighted by Crippen LogP contribution is -2.32. The van der Waals surface area contributed by atoms with E-state index < -0.39 is 13.9 Å². The first-order chi connectivity index (χ1) is 6.26. The molecule has 8 heteroatoms. The Kier molecular flexibility index (Phi) is 5.07. The minimum Gasteiger partial charge on any atom is -0.445 e. The molecule has 2 N–H and O–H groups in total. The molecule has 0 spiro atoms. The van der Waals surface area contributed by atoms with Crippen molar-refractivity contribution in [3.63, 3.8) is 0 Å². The molecule has 0 heterocycles. The number of ether oxygens (including phenoxy) is 1. The van der Waals surface area contributed by atoms with Crippen LogP contribution in [0.2, 0.25) is 0 Å². The molecule has 0 aliphatic heterocycles. The van der Waals surface area contributed by atoms with Gasteiger partial charge in [0.2, 0.25) is 0 Å². The molecule has 1 amide bonds. The third kappa shape index (κ3) is 5.93. The van der Waals surface area contributed by atoms with E-state index in [9.17, 15) is 9.36 Å². The molecule has 84 valence electrons. The molecule has 0 aromatic rings. The number of amides is 1. The monoisotopic (exact) mass is 227 g/mol. The van der Waals surface area contributed by atoms with Crippen LogP contribution in [-0.2, 0) is 13.9 Å². The van der Waals surface area contributed by atoms with E-state index in [0.29, 0.717) is 5.06 Å². The number of carbonyl (C=O) groups is 1. The molecule has 0 atom stereocenters. The SMILES string of the molecule is CCN(OP(=O)(O)O)C(=O)OC(C)C. The van der Waals surface area contributed by atoms with E-state index in [2.05, 4.69) is 9.36 Å². The molecule has 0 bridgehead atoms. The second-order valence-corrected chi connectivity index (χ2v) is 3.84. The lowest BCUT2D eigenvalue weighted by atomic mass is 10.5. The van der Waals surface area contributed by atoms with Gasteiger partial charge < -0.3 is 14.5 Å². The van der Waals surface area contributed by atoms with Crippen molar-refractivity contribution >= 4 is 13.9 Å². The summed E-state index contributed by atoms with van der Waals surface area (Å²) in [6, 6.07) is 0. The Morgan fingerprint density at radius 1 is 1.50 bits per heavy atom. The average molecular weight is 227 g/mol. The van der Waals surface area contributed by atoms with Crippen LogP contribution in [-0.4, -0.2) is 33.6 Å². The van der Waals surface area contributed by atoms with Gasteiger partial charge in [0.05, 0.1) is 6.10 Å². The number of phosphoric acid groups is 1. The zero-order chi connectivity index (χ0) is 11.4. The van der Waals surface area contributed by atoms with Crippen LogP contribution in [0.4, 0.5) is 4.79 Å². The highest BCUT2D eigenvalue weighted by Crippen LogP contribution is 2.37. The van der Waals surface area contributed by atoms with E-state index in [1.54, 1.807) is 13.8 Å². The summed E-state index contributed by atoms with van der Waals surface area (Å²) in [5.74, 6) is 0. The zero-order valence-corrected chi connectivity index (χ0v) is 9.10. The van der Waals surface area contributed by atoms with Crippen molar-refractivity contribution in [3.05, 3.63) is 0 Å². The summed E-state index contributed by atoms with van der Waals surface area (Å²) in [7, 11) is -4.71. The van der Waals surface area contributed by atoms with E-state index in [4.69, 9.17) is 9.79 Å². The minimum atomic E-state index is -4.71. The molecule has 14 heavy (non-hydrogen) atoms. The van der Waals surface area contributed by atoms with Crippen molar-refractivity contribution in [3.8, 4) is 0 Å². The topological polar surface area (TPSA) is 96.3 Å². The summed E-state index contributed by atoms with van der Waals surface area (Å²) < 4.78 is 19.2. The van der Waals surface area contributed by atoms with Gasteiger partial charge >= 0.3 is 13.9 Å². The number of carbonyl (C=O) groups excluding carboxylic acids is 1. The molecular weight excluding hydrogens is 213 g/mol. The van der Waals surface area contributed by atoms with Crippen molar-refractivity contribution in [1.29, 1.82) is 0 Å². The van der Waals surface area contributed by atoms with Gasteiger partial charge in [-0.15, -0.1) is 0 Å². The smallest absolute Gasteiger partial charge is 0.445 e. The fourth-order valence-electron chi connectivity index (χ4n) is 0.609. The zero-order valence-electron chi connectivity index (χ0n) is 8.21. The third-order valence-electron chi connectivity index (χ3n) is 1.03. The predicted octanol–water partition coefficient (Wildman–Crippen LogP) is 0.878. The third-order valence-corrected chi connectivity index (χ3v) is 1.44. The molecule has 0 saturated carbocycles. The fourth-order valence-corrected chi connectivity index (χ4v) is 1.05. The van der Waals surface area contributed by atoms with Crippen LogP contribution in [0.5, 0.6) is 0 Å². The van der Waals surface area contributed by atoms with E-state index in [1.807, 2.05) is 0 Å². The van der Waals surface area contributed by atoms with Gasteiger partial charge in [-0.25, -0.2) is 9.36 Å². The highest BCUT2D eigenvalue weighted by atomic mass is 31.2. The van der Waals surface area contributed by atoms with Crippen LogP contribution in [0.15, 0.2) is 0 Å².